The van der Waals surface area contributed by atoms with E-state index in [0.29, 0.717) is 33.1 Å². The van der Waals surface area contributed by atoms with Gasteiger partial charge in [0.2, 0.25) is 5.60 Å². The Kier molecular flexibility index (Phi) is 6.44. The Bertz CT molecular complexity index is 1250. The molecule has 0 saturated carbocycles. The van der Waals surface area contributed by atoms with Gasteiger partial charge in [0.05, 0.1) is 14.2 Å². The van der Waals surface area contributed by atoms with Crippen LogP contribution in [0, 0.1) is 6.92 Å². The Morgan fingerprint density at radius 3 is 1.94 bits per heavy atom. The van der Waals surface area contributed by atoms with E-state index in [-0.39, 0.29) is 0 Å². The van der Waals surface area contributed by atoms with Crippen LogP contribution in [-0.4, -0.2) is 27.6 Å². The Balaban J connectivity index is 1.73. The summed E-state index contributed by atoms with van der Waals surface area (Å²) in [5.74, 6) is 3.68. The number of aryl methyl sites for hydroxylation is 1. The van der Waals surface area contributed by atoms with Crippen molar-refractivity contribution >= 4 is 22.2 Å². The number of ether oxygens (including phenoxy) is 3. The molecule has 0 radical (unpaired) electrons. The average Bonchev–Trinajstić information content (AvgIpc) is 3.51. The molecule has 0 fully saturated rings. The molecule has 0 aliphatic carbocycles. The zero-order valence-corrected chi connectivity index (χ0v) is 20.3. The third-order valence-electron chi connectivity index (χ3n) is 5.53. The number of halogens is 1. The average molecular weight is 511 g/mol. The summed E-state index contributed by atoms with van der Waals surface area (Å²) >= 11 is 3.47. The maximum atomic E-state index is 12.4. The summed E-state index contributed by atoms with van der Waals surface area (Å²) in [5, 5.41) is 0. The van der Waals surface area contributed by atoms with E-state index >= 15 is 0 Å². The minimum absolute atomic E-state index is 0.359. The maximum Gasteiger partial charge on any atom is 0.205 e. The molecule has 0 aliphatic heterocycles. The highest BCUT2D eigenvalue weighted by atomic mass is 79.9. The molecule has 2 aromatic carbocycles. The molecule has 33 heavy (non-hydrogen) atoms. The summed E-state index contributed by atoms with van der Waals surface area (Å²) in [7, 11) is 4.63. The molecule has 170 valence electrons. The summed E-state index contributed by atoms with van der Waals surface area (Å²) in [6.45, 7) is 1.89. The fourth-order valence-electron chi connectivity index (χ4n) is 3.71. The number of rotatable bonds is 8. The lowest BCUT2D eigenvalue weighted by molar-refractivity contribution is -0.125. The molecule has 1 atom stereocenters. The Labute approximate surface area is 200 Å². The van der Waals surface area contributed by atoms with Crippen LogP contribution >= 0.6 is 15.9 Å². The van der Waals surface area contributed by atoms with Gasteiger partial charge in [-0.2, -0.15) is 0 Å². The van der Waals surface area contributed by atoms with Crippen LogP contribution in [-0.2, 0) is 15.1 Å². The minimum atomic E-state index is -1.40. The fraction of sp³-hybridized carbons (Fsp3) is 0.192. The third kappa shape index (κ3) is 4.10. The molecule has 0 spiro atoms. The van der Waals surface area contributed by atoms with Crippen molar-refractivity contribution in [3.05, 3.63) is 82.2 Å². The van der Waals surface area contributed by atoms with Crippen LogP contribution in [0.4, 0.5) is 0 Å². The van der Waals surface area contributed by atoms with Crippen LogP contribution < -0.4 is 9.47 Å². The second-order valence-electron chi connectivity index (χ2n) is 7.40. The lowest BCUT2D eigenvalue weighted by atomic mass is 9.91. The van der Waals surface area contributed by atoms with E-state index < -0.39 is 5.60 Å². The summed E-state index contributed by atoms with van der Waals surface area (Å²) in [6, 6.07) is 18.4. The molecule has 7 heteroatoms. The Morgan fingerprint density at radius 1 is 0.818 bits per heavy atom. The first-order valence-corrected chi connectivity index (χ1v) is 11.0. The first-order valence-electron chi connectivity index (χ1n) is 10.2. The number of carbonyl (C=O) groups excluding carboxylic acids is 1. The summed E-state index contributed by atoms with van der Waals surface area (Å²) in [5.41, 5.74) is 0.868. The fourth-order valence-corrected chi connectivity index (χ4v) is 4.26. The van der Waals surface area contributed by atoms with Crippen LogP contribution in [0.3, 0.4) is 0 Å². The highest BCUT2D eigenvalue weighted by Gasteiger charge is 2.38. The number of carbonyl (C=O) groups is 1. The van der Waals surface area contributed by atoms with E-state index in [2.05, 4.69) is 15.9 Å². The van der Waals surface area contributed by atoms with E-state index in [1.54, 1.807) is 26.4 Å². The van der Waals surface area contributed by atoms with Gasteiger partial charge in [0.15, 0.2) is 6.29 Å². The highest BCUT2D eigenvalue weighted by molar-refractivity contribution is 9.10. The quantitative estimate of drug-likeness (QED) is 0.256. The Morgan fingerprint density at radius 2 is 1.42 bits per heavy atom. The van der Waals surface area contributed by atoms with Crippen molar-refractivity contribution in [3.63, 3.8) is 0 Å². The molecule has 2 aromatic heterocycles. The summed E-state index contributed by atoms with van der Waals surface area (Å²) in [6.07, 6.45) is 0.740. The van der Waals surface area contributed by atoms with Crippen LogP contribution in [0.1, 0.15) is 17.1 Å². The minimum Gasteiger partial charge on any atom is -0.495 e. The first-order chi connectivity index (χ1) is 15.9. The van der Waals surface area contributed by atoms with Gasteiger partial charge in [-0.25, -0.2) is 0 Å². The van der Waals surface area contributed by atoms with Gasteiger partial charge in [0, 0.05) is 18.2 Å². The van der Waals surface area contributed by atoms with Crippen molar-refractivity contribution in [1.29, 1.82) is 0 Å². The Hall–Kier alpha value is -3.29. The van der Waals surface area contributed by atoms with E-state index in [9.17, 15) is 4.79 Å². The summed E-state index contributed by atoms with van der Waals surface area (Å²) in [4.78, 5) is 12.4. The van der Waals surface area contributed by atoms with Crippen LogP contribution in [0.2, 0.25) is 0 Å². The topological polar surface area (TPSA) is 71.0 Å². The molecule has 0 N–H and O–H groups in total. The molecular weight excluding hydrogens is 488 g/mol. The lowest BCUT2D eigenvalue weighted by Crippen LogP contribution is -2.31. The molecule has 2 heterocycles. The van der Waals surface area contributed by atoms with Crippen molar-refractivity contribution in [2.45, 2.75) is 12.5 Å². The maximum absolute atomic E-state index is 12.4. The van der Waals surface area contributed by atoms with Gasteiger partial charge in [0.25, 0.3) is 0 Å². The van der Waals surface area contributed by atoms with Crippen LogP contribution in [0.5, 0.6) is 11.5 Å². The monoisotopic (exact) mass is 510 g/mol. The van der Waals surface area contributed by atoms with Crippen LogP contribution in [0.25, 0.3) is 22.6 Å². The number of hydrogen-bond acceptors (Lipinski definition) is 6. The van der Waals surface area contributed by atoms with Crippen LogP contribution in [0.15, 0.2) is 74.0 Å². The van der Waals surface area contributed by atoms with Crippen molar-refractivity contribution in [2.75, 3.05) is 21.3 Å². The standard InChI is InChI=1S/C26H23BrO6/c1-16-5-10-20(32-16)17-6-8-19(9-7-17)26(15-28,31-4)24-12-11-21(33-24)18-13-22(29-2)25(27)23(14-18)30-3/h5-15H,1-4H3. The second kappa shape index (κ2) is 9.29. The smallest absolute Gasteiger partial charge is 0.205 e. The van der Waals surface area contributed by atoms with Gasteiger partial charge in [-0.3, -0.25) is 4.79 Å². The van der Waals surface area contributed by atoms with E-state index in [4.69, 9.17) is 23.0 Å². The number of methoxy groups -OCH3 is 3. The molecular formula is C26H23BrO6. The lowest BCUT2D eigenvalue weighted by Gasteiger charge is -2.25. The predicted molar refractivity (Wildman–Crippen MR) is 128 cm³/mol. The van der Waals surface area contributed by atoms with Gasteiger partial charge >= 0.3 is 0 Å². The van der Waals surface area contributed by atoms with E-state index in [1.807, 2.05) is 55.5 Å². The van der Waals surface area contributed by atoms with Gasteiger partial charge in [0.1, 0.15) is 39.0 Å². The first kappa shape index (κ1) is 22.9. The van der Waals surface area contributed by atoms with Gasteiger partial charge in [-0.05, 0) is 64.8 Å². The van der Waals surface area contributed by atoms with Crippen molar-refractivity contribution in [1.82, 2.24) is 0 Å². The van der Waals surface area contributed by atoms with E-state index in [0.717, 1.165) is 28.9 Å². The van der Waals surface area contributed by atoms with E-state index in [1.165, 1.54) is 7.11 Å². The molecule has 4 aromatic rings. The second-order valence-corrected chi connectivity index (χ2v) is 8.20. The zero-order valence-electron chi connectivity index (χ0n) is 18.7. The van der Waals surface area contributed by atoms with Gasteiger partial charge in [-0.1, -0.05) is 24.3 Å². The van der Waals surface area contributed by atoms with Crippen molar-refractivity contribution < 1.29 is 27.8 Å². The van der Waals surface area contributed by atoms with Gasteiger partial charge < -0.3 is 23.0 Å². The molecule has 1 unspecified atom stereocenters. The largest absolute Gasteiger partial charge is 0.495 e. The highest BCUT2D eigenvalue weighted by Crippen LogP contribution is 2.41. The number of hydrogen-bond donors (Lipinski definition) is 0. The van der Waals surface area contributed by atoms with Crippen molar-refractivity contribution in [3.8, 4) is 34.1 Å². The zero-order chi connectivity index (χ0) is 23.6. The number of aldehydes is 1. The SMILES string of the molecule is COc1cc(-c2ccc(C(C=O)(OC)c3ccc(-c4ccc(C)o4)cc3)o2)cc(OC)c1Br. The molecule has 6 nitrogen and oxygen atoms in total. The van der Waals surface area contributed by atoms with Gasteiger partial charge in [-0.15, -0.1) is 0 Å². The molecule has 0 saturated heterocycles. The molecule has 0 amide bonds. The molecule has 4 rings (SSSR count). The predicted octanol–water partition coefficient (Wildman–Crippen LogP) is 6.38. The molecule has 0 aliphatic rings. The number of benzene rings is 2. The third-order valence-corrected chi connectivity index (χ3v) is 6.31. The number of furan rings is 2. The normalized spacial score (nSPS) is 12.9. The van der Waals surface area contributed by atoms with Crippen molar-refractivity contribution in [2.24, 2.45) is 0 Å². The molecule has 0 bridgehead atoms. The summed E-state index contributed by atoms with van der Waals surface area (Å²) < 4.78 is 29.1.